The maximum Gasteiger partial charge on any atom is 0.278 e. The van der Waals surface area contributed by atoms with E-state index in [1.54, 1.807) is 26.0 Å². The molecule has 25 heavy (non-hydrogen) atoms. The number of halogens is 1. The van der Waals surface area contributed by atoms with Crippen LogP contribution in [-0.2, 0) is 4.84 Å². The van der Waals surface area contributed by atoms with Crippen LogP contribution in [0.15, 0.2) is 18.2 Å². The van der Waals surface area contributed by atoms with Crippen LogP contribution in [0.2, 0.25) is 0 Å². The zero-order chi connectivity index (χ0) is 18.0. The van der Waals surface area contributed by atoms with Crippen LogP contribution < -0.4 is 10.8 Å². The van der Waals surface area contributed by atoms with Crippen LogP contribution in [0.1, 0.15) is 39.2 Å². The van der Waals surface area contributed by atoms with Gasteiger partial charge in [-0.15, -0.1) is 11.3 Å². The Morgan fingerprint density at radius 2 is 2.20 bits per heavy atom. The molecule has 2 aromatic rings. The quantitative estimate of drug-likeness (QED) is 0.759. The van der Waals surface area contributed by atoms with Crippen LogP contribution in [0.4, 0.5) is 15.1 Å². The molecule has 3 rings (SSSR count). The number of amides is 1. The highest BCUT2D eigenvalue weighted by Gasteiger charge is 2.24. The largest absolute Gasteiger partial charge is 0.344 e. The number of carbonyl (C=O) groups is 1. The topological polar surface area (TPSA) is 74.2 Å². The fraction of sp³-hybridized carbons (Fsp3) is 0.333. The van der Waals surface area contributed by atoms with Gasteiger partial charge in [0.25, 0.3) is 5.91 Å². The van der Waals surface area contributed by atoms with Crippen molar-refractivity contribution in [1.29, 1.82) is 5.26 Å². The Balaban J connectivity index is 1.84. The molecule has 7 heteroatoms. The van der Waals surface area contributed by atoms with E-state index in [1.807, 2.05) is 0 Å². The van der Waals surface area contributed by atoms with E-state index in [9.17, 15) is 14.4 Å². The molecule has 0 atom stereocenters. The van der Waals surface area contributed by atoms with Gasteiger partial charge in [-0.2, -0.15) is 5.26 Å². The molecule has 0 bridgehead atoms. The van der Waals surface area contributed by atoms with E-state index >= 15 is 0 Å². The molecular formula is C18H18FN3O2S. The molecule has 1 aliphatic carbocycles. The van der Waals surface area contributed by atoms with Gasteiger partial charge in [0.05, 0.1) is 17.9 Å². The van der Waals surface area contributed by atoms with Gasteiger partial charge in [-0.1, -0.05) is 6.07 Å². The standard InChI is InChI=1S/C18H18FN3O2S/c1-10-3-6-14(13(19)7-10)21-18-16(11(2)15(8-20)25-18)17(23)22-24-9-12-4-5-12/h3,6-7,12,21H,4-5,9H2,1-2H3,(H,22,23). The van der Waals surface area contributed by atoms with Crippen molar-refractivity contribution in [3.05, 3.63) is 45.6 Å². The number of benzene rings is 1. The maximum absolute atomic E-state index is 14.1. The zero-order valence-electron chi connectivity index (χ0n) is 14.0. The highest BCUT2D eigenvalue weighted by molar-refractivity contribution is 7.17. The third-order valence-electron chi connectivity index (χ3n) is 4.03. The summed E-state index contributed by atoms with van der Waals surface area (Å²) in [6.45, 7) is 3.98. The van der Waals surface area contributed by atoms with Gasteiger partial charge in [0.1, 0.15) is 21.8 Å². The molecule has 1 aliphatic rings. The Morgan fingerprint density at radius 1 is 1.44 bits per heavy atom. The SMILES string of the molecule is Cc1ccc(Nc2sc(C#N)c(C)c2C(=O)NOCC2CC2)c(F)c1. The first kappa shape index (κ1) is 17.4. The van der Waals surface area contributed by atoms with Crippen LogP contribution in [0.25, 0.3) is 0 Å². The normalized spacial score (nSPS) is 13.4. The molecule has 0 aliphatic heterocycles. The molecule has 0 saturated heterocycles. The minimum absolute atomic E-state index is 0.254. The van der Waals surface area contributed by atoms with E-state index in [0.29, 0.717) is 33.5 Å². The number of thiophene rings is 1. The van der Waals surface area contributed by atoms with Crippen molar-refractivity contribution in [3.8, 4) is 6.07 Å². The maximum atomic E-state index is 14.1. The van der Waals surface area contributed by atoms with Gasteiger partial charge in [-0.25, -0.2) is 9.87 Å². The Bertz CT molecular complexity index is 853. The number of hydrogen-bond acceptors (Lipinski definition) is 5. The Morgan fingerprint density at radius 3 is 2.84 bits per heavy atom. The lowest BCUT2D eigenvalue weighted by molar-refractivity contribution is 0.0271. The minimum Gasteiger partial charge on any atom is -0.344 e. The van der Waals surface area contributed by atoms with Crippen LogP contribution in [0.3, 0.4) is 0 Å². The summed E-state index contributed by atoms with van der Waals surface area (Å²) in [5.41, 5.74) is 4.33. The molecule has 0 unspecified atom stereocenters. The van der Waals surface area contributed by atoms with Crippen molar-refractivity contribution < 1.29 is 14.0 Å². The molecule has 0 radical (unpaired) electrons. The van der Waals surface area contributed by atoms with Crippen molar-refractivity contribution >= 4 is 27.9 Å². The molecule has 130 valence electrons. The molecule has 1 fully saturated rings. The van der Waals surface area contributed by atoms with Gasteiger partial charge in [0.2, 0.25) is 0 Å². The number of rotatable bonds is 6. The summed E-state index contributed by atoms with van der Waals surface area (Å²) in [5, 5.41) is 12.6. The third-order valence-corrected chi connectivity index (χ3v) is 5.14. The number of aryl methyl sites for hydroxylation is 1. The summed E-state index contributed by atoms with van der Waals surface area (Å²) in [6.07, 6.45) is 2.23. The Hall–Kier alpha value is -2.43. The lowest BCUT2D eigenvalue weighted by atomic mass is 10.1. The first-order valence-electron chi connectivity index (χ1n) is 7.98. The van der Waals surface area contributed by atoms with E-state index < -0.39 is 11.7 Å². The van der Waals surface area contributed by atoms with Crippen molar-refractivity contribution in [1.82, 2.24) is 5.48 Å². The highest BCUT2D eigenvalue weighted by Crippen LogP contribution is 2.35. The van der Waals surface area contributed by atoms with Crippen LogP contribution >= 0.6 is 11.3 Å². The minimum atomic E-state index is -0.439. The smallest absolute Gasteiger partial charge is 0.278 e. The molecule has 0 spiro atoms. The lowest BCUT2D eigenvalue weighted by Crippen LogP contribution is -2.25. The molecule has 1 saturated carbocycles. The first-order chi connectivity index (χ1) is 12.0. The van der Waals surface area contributed by atoms with Gasteiger partial charge in [-0.05, 0) is 55.9 Å². The number of carbonyl (C=O) groups excluding carboxylic acids is 1. The molecule has 1 heterocycles. The monoisotopic (exact) mass is 359 g/mol. The molecular weight excluding hydrogens is 341 g/mol. The second-order valence-corrected chi connectivity index (χ2v) is 7.19. The van der Waals surface area contributed by atoms with Crippen LogP contribution in [0, 0.1) is 36.9 Å². The van der Waals surface area contributed by atoms with Gasteiger partial charge < -0.3 is 5.32 Å². The Labute approximate surface area is 149 Å². The Kier molecular flexibility index (Phi) is 5.02. The summed E-state index contributed by atoms with van der Waals surface area (Å²) in [7, 11) is 0. The second-order valence-electron chi connectivity index (χ2n) is 6.17. The predicted molar refractivity (Wildman–Crippen MR) is 94.3 cm³/mol. The molecule has 1 amide bonds. The van der Waals surface area contributed by atoms with Gasteiger partial charge in [-0.3, -0.25) is 9.63 Å². The van der Waals surface area contributed by atoms with Gasteiger partial charge >= 0.3 is 0 Å². The average molecular weight is 359 g/mol. The lowest BCUT2D eigenvalue weighted by Gasteiger charge is -2.10. The molecule has 1 aromatic carbocycles. The summed E-state index contributed by atoms with van der Waals surface area (Å²) in [5.74, 6) is -0.343. The van der Waals surface area contributed by atoms with Crippen molar-refractivity contribution in [2.24, 2.45) is 5.92 Å². The van der Waals surface area contributed by atoms with Crippen LogP contribution in [-0.4, -0.2) is 12.5 Å². The summed E-state index contributed by atoms with van der Waals surface area (Å²) < 4.78 is 14.1. The first-order valence-corrected chi connectivity index (χ1v) is 8.80. The van der Waals surface area contributed by atoms with Crippen molar-refractivity contribution in [3.63, 3.8) is 0 Å². The number of nitrogens with one attached hydrogen (secondary N) is 2. The van der Waals surface area contributed by atoms with E-state index in [-0.39, 0.29) is 5.69 Å². The van der Waals surface area contributed by atoms with Gasteiger partial charge in [0.15, 0.2) is 0 Å². The zero-order valence-corrected chi connectivity index (χ0v) is 14.8. The van der Waals surface area contributed by atoms with Crippen LogP contribution in [0.5, 0.6) is 0 Å². The number of hydrogen-bond donors (Lipinski definition) is 2. The summed E-state index contributed by atoms with van der Waals surface area (Å²) in [6, 6.07) is 6.86. The molecule has 1 aromatic heterocycles. The third kappa shape index (κ3) is 3.98. The van der Waals surface area contributed by atoms with Crippen molar-refractivity contribution in [2.75, 3.05) is 11.9 Å². The number of anilines is 2. The molecule has 5 nitrogen and oxygen atoms in total. The van der Waals surface area contributed by atoms with E-state index in [4.69, 9.17) is 4.84 Å². The fourth-order valence-corrected chi connectivity index (χ4v) is 3.40. The molecule has 2 N–H and O–H groups in total. The van der Waals surface area contributed by atoms with E-state index in [0.717, 1.165) is 29.7 Å². The highest BCUT2D eigenvalue weighted by atomic mass is 32.1. The predicted octanol–water partition coefficient (Wildman–Crippen LogP) is 4.19. The second kappa shape index (κ2) is 7.21. The fourth-order valence-electron chi connectivity index (χ4n) is 2.39. The van der Waals surface area contributed by atoms with Crippen molar-refractivity contribution in [2.45, 2.75) is 26.7 Å². The van der Waals surface area contributed by atoms with E-state index in [1.165, 1.54) is 6.07 Å². The number of nitriles is 1. The van der Waals surface area contributed by atoms with Gasteiger partial charge in [0, 0.05) is 0 Å². The number of hydroxylamine groups is 1. The van der Waals surface area contributed by atoms with E-state index in [2.05, 4.69) is 16.9 Å². The summed E-state index contributed by atoms with van der Waals surface area (Å²) in [4.78, 5) is 18.1. The summed E-state index contributed by atoms with van der Waals surface area (Å²) >= 11 is 1.12. The number of nitrogens with zero attached hydrogens (tertiary/aromatic N) is 1. The average Bonchev–Trinajstić information content (AvgIpc) is 3.33.